The summed E-state index contributed by atoms with van der Waals surface area (Å²) < 4.78 is 5.12. The van der Waals surface area contributed by atoms with Gasteiger partial charge in [-0.25, -0.2) is 0 Å². The molecule has 0 spiro atoms. The first-order valence-electron chi connectivity index (χ1n) is 6.58. The van der Waals surface area contributed by atoms with Crippen molar-refractivity contribution in [3.05, 3.63) is 0 Å². The van der Waals surface area contributed by atoms with Crippen molar-refractivity contribution in [3.63, 3.8) is 0 Å². The Hall–Kier alpha value is -0.180. The van der Waals surface area contributed by atoms with Gasteiger partial charge in [-0.3, -0.25) is 4.79 Å². The van der Waals surface area contributed by atoms with Crippen molar-refractivity contribution in [2.75, 3.05) is 13.2 Å². The van der Waals surface area contributed by atoms with Crippen LogP contribution >= 0.6 is 9.39 Å². The Labute approximate surface area is 107 Å². The third kappa shape index (κ3) is 10.7. The molecule has 0 bridgehead atoms. The highest BCUT2D eigenvalue weighted by Crippen LogP contribution is 2.03. The second-order valence-electron chi connectivity index (χ2n) is 4.28. The van der Waals surface area contributed by atoms with E-state index in [1.165, 1.54) is 12.8 Å². The normalized spacial score (nSPS) is 12.4. The maximum Gasteiger partial charge on any atom is 0.322 e. The maximum atomic E-state index is 11.5. The first-order chi connectivity index (χ1) is 8.22. The van der Waals surface area contributed by atoms with E-state index in [0.717, 1.165) is 32.2 Å². The summed E-state index contributed by atoms with van der Waals surface area (Å²) in [7, 11) is 2.46. The number of rotatable bonds is 11. The molecule has 0 radical (unpaired) electrons. The number of ether oxygens (including phenoxy) is 1. The van der Waals surface area contributed by atoms with Crippen molar-refractivity contribution in [3.8, 4) is 0 Å². The van der Waals surface area contributed by atoms with Crippen molar-refractivity contribution in [2.24, 2.45) is 5.73 Å². The number of carbonyl (C=O) groups excluding carboxylic acids is 1. The van der Waals surface area contributed by atoms with Crippen LogP contribution < -0.4 is 10.8 Å². The molecule has 0 heterocycles. The average molecular weight is 262 g/mol. The number of nitrogens with one attached hydrogen (secondary N) is 1. The van der Waals surface area contributed by atoms with Gasteiger partial charge in [-0.1, -0.05) is 42.0 Å². The highest BCUT2D eigenvalue weighted by molar-refractivity contribution is 7.13. The molecule has 1 unspecified atom stereocenters. The summed E-state index contributed by atoms with van der Waals surface area (Å²) >= 11 is 0. The largest absolute Gasteiger partial charge is 0.465 e. The van der Waals surface area contributed by atoms with Gasteiger partial charge in [-0.15, -0.1) is 0 Å². The molecule has 0 aromatic heterocycles. The zero-order chi connectivity index (χ0) is 12.9. The lowest BCUT2D eigenvalue weighted by molar-refractivity contribution is -0.145. The fourth-order valence-corrected chi connectivity index (χ4v) is 1.72. The average Bonchev–Trinajstić information content (AvgIpc) is 2.34. The van der Waals surface area contributed by atoms with E-state index in [2.05, 4.69) is 21.4 Å². The first-order valence-corrected chi connectivity index (χ1v) is 7.15. The Morgan fingerprint density at radius 3 is 2.71 bits per heavy atom. The van der Waals surface area contributed by atoms with E-state index < -0.39 is 6.04 Å². The Morgan fingerprint density at radius 2 is 2.06 bits per heavy atom. The Morgan fingerprint density at radius 1 is 1.29 bits per heavy atom. The highest BCUT2D eigenvalue weighted by Gasteiger charge is 2.13. The zero-order valence-electron chi connectivity index (χ0n) is 10.9. The van der Waals surface area contributed by atoms with Crippen molar-refractivity contribution >= 4 is 15.4 Å². The number of carbonyl (C=O) groups is 1. The summed E-state index contributed by atoms with van der Waals surface area (Å²) in [4.78, 5) is 11.5. The van der Waals surface area contributed by atoms with Gasteiger partial charge in [0, 0.05) is 0 Å². The van der Waals surface area contributed by atoms with Crippen LogP contribution in [0.2, 0.25) is 0 Å². The van der Waals surface area contributed by atoms with Crippen molar-refractivity contribution in [1.82, 2.24) is 5.09 Å². The summed E-state index contributed by atoms with van der Waals surface area (Å²) in [6.45, 7) is 3.61. The molecule has 0 amide bonds. The minimum absolute atomic E-state index is 0.250. The molecule has 5 heteroatoms. The molecule has 0 aliphatic rings. The SMILES string of the molecule is CCCCCCOC(=O)[C@@H](N)CCCCNP. The molecule has 17 heavy (non-hydrogen) atoms. The van der Waals surface area contributed by atoms with Crippen LogP contribution in [0.5, 0.6) is 0 Å². The number of esters is 1. The summed E-state index contributed by atoms with van der Waals surface area (Å²) in [5.41, 5.74) is 5.74. The van der Waals surface area contributed by atoms with Crippen LogP contribution in [-0.2, 0) is 9.53 Å². The summed E-state index contributed by atoms with van der Waals surface area (Å²) in [6.07, 6.45) is 7.15. The Kier molecular flexibility index (Phi) is 12.2. The van der Waals surface area contributed by atoms with Crippen LogP contribution in [0.3, 0.4) is 0 Å². The number of unbranched alkanes of at least 4 members (excludes halogenated alkanes) is 4. The summed E-state index contributed by atoms with van der Waals surface area (Å²) in [6, 6.07) is -0.453. The molecule has 0 saturated heterocycles. The van der Waals surface area contributed by atoms with Crippen LogP contribution in [0.1, 0.15) is 51.9 Å². The lowest BCUT2D eigenvalue weighted by Crippen LogP contribution is -2.32. The van der Waals surface area contributed by atoms with Gasteiger partial charge in [-0.05, 0) is 25.8 Å². The van der Waals surface area contributed by atoms with E-state index in [9.17, 15) is 4.79 Å². The number of hydrogen-bond donors (Lipinski definition) is 2. The van der Waals surface area contributed by atoms with Gasteiger partial charge in [0.2, 0.25) is 0 Å². The molecule has 0 aliphatic heterocycles. The lowest BCUT2D eigenvalue weighted by Gasteiger charge is -2.11. The molecule has 0 rings (SSSR count). The van der Waals surface area contributed by atoms with E-state index >= 15 is 0 Å². The third-order valence-corrected chi connectivity index (χ3v) is 2.92. The van der Waals surface area contributed by atoms with Gasteiger partial charge in [0.05, 0.1) is 6.61 Å². The molecular weight excluding hydrogens is 235 g/mol. The molecule has 0 aromatic rings. The molecule has 102 valence electrons. The van der Waals surface area contributed by atoms with Crippen LogP contribution in [0.15, 0.2) is 0 Å². The van der Waals surface area contributed by atoms with E-state index in [4.69, 9.17) is 10.5 Å². The van der Waals surface area contributed by atoms with Crippen LogP contribution in [-0.4, -0.2) is 25.2 Å². The summed E-state index contributed by atoms with van der Waals surface area (Å²) in [5, 5.41) is 2.98. The maximum absolute atomic E-state index is 11.5. The second-order valence-corrected chi connectivity index (χ2v) is 4.69. The quantitative estimate of drug-likeness (QED) is 0.339. The van der Waals surface area contributed by atoms with Crippen molar-refractivity contribution in [2.45, 2.75) is 57.9 Å². The van der Waals surface area contributed by atoms with Crippen LogP contribution in [0, 0.1) is 0 Å². The Bertz CT molecular complexity index is 191. The minimum atomic E-state index is -0.453. The van der Waals surface area contributed by atoms with E-state index in [-0.39, 0.29) is 5.97 Å². The second kappa shape index (κ2) is 12.3. The standard InChI is InChI=1S/C12H27N2O2P/c1-2-3-4-7-10-16-12(15)11(13)8-5-6-9-14-17/h11,14H,2-10,13,17H2,1H3/t11-/m0/s1. The molecule has 3 N–H and O–H groups in total. The first kappa shape index (κ1) is 16.8. The smallest absolute Gasteiger partial charge is 0.322 e. The van der Waals surface area contributed by atoms with Gasteiger partial charge >= 0.3 is 5.97 Å². The van der Waals surface area contributed by atoms with Crippen molar-refractivity contribution < 1.29 is 9.53 Å². The van der Waals surface area contributed by atoms with Crippen molar-refractivity contribution in [1.29, 1.82) is 0 Å². The van der Waals surface area contributed by atoms with Crippen LogP contribution in [0.25, 0.3) is 0 Å². The molecular formula is C12H27N2O2P. The Balaban J connectivity index is 3.40. The van der Waals surface area contributed by atoms with Gasteiger partial charge in [0.25, 0.3) is 0 Å². The third-order valence-electron chi connectivity index (χ3n) is 2.63. The monoisotopic (exact) mass is 262 g/mol. The topological polar surface area (TPSA) is 64.3 Å². The van der Waals surface area contributed by atoms with E-state index in [1.807, 2.05) is 0 Å². The van der Waals surface area contributed by atoms with Gasteiger partial charge in [-0.2, -0.15) is 0 Å². The molecule has 0 aliphatic carbocycles. The van der Waals surface area contributed by atoms with Gasteiger partial charge in [0.1, 0.15) is 6.04 Å². The summed E-state index contributed by atoms with van der Waals surface area (Å²) in [5.74, 6) is -0.250. The minimum Gasteiger partial charge on any atom is -0.465 e. The van der Waals surface area contributed by atoms with Gasteiger partial charge in [0.15, 0.2) is 0 Å². The van der Waals surface area contributed by atoms with E-state index in [0.29, 0.717) is 13.0 Å². The molecule has 0 aromatic carbocycles. The zero-order valence-corrected chi connectivity index (χ0v) is 12.1. The number of nitrogens with two attached hydrogens (primary N) is 1. The predicted octanol–water partition coefficient (Wildman–Crippen LogP) is 1.99. The van der Waals surface area contributed by atoms with Gasteiger partial charge < -0.3 is 15.6 Å². The van der Waals surface area contributed by atoms with Crippen LogP contribution in [0.4, 0.5) is 0 Å². The number of hydrogen-bond acceptors (Lipinski definition) is 4. The molecule has 2 atom stereocenters. The van der Waals surface area contributed by atoms with E-state index in [1.54, 1.807) is 0 Å². The molecule has 4 nitrogen and oxygen atoms in total. The molecule has 0 saturated carbocycles. The predicted molar refractivity (Wildman–Crippen MR) is 74.6 cm³/mol. The fraction of sp³-hybridized carbons (Fsp3) is 0.917. The highest BCUT2D eigenvalue weighted by atomic mass is 31.0. The molecule has 0 fully saturated rings. The lowest BCUT2D eigenvalue weighted by atomic mass is 10.1. The fourth-order valence-electron chi connectivity index (χ4n) is 1.52.